The molecule has 2 aliphatic rings. The maximum absolute atomic E-state index is 12.0. The van der Waals surface area contributed by atoms with Gasteiger partial charge in [0.25, 0.3) is 0 Å². The minimum atomic E-state index is -0.736. The quantitative estimate of drug-likeness (QED) is 0.783. The standard InChI is InChI=1S/C12H16N6OS/c1-12(7-13,8-2-3-8)14-10(19)6-20-11-15-16-17-18(11)9-4-5-9/h8-9H,2-6H2,1H3,(H,14,19). The van der Waals surface area contributed by atoms with Gasteiger partial charge in [-0.2, -0.15) is 5.26 Å². The molecule has 1 aromatic heterocycles. The zero-order valence-electron chi connectivity index (χ0n) is 11.2. The molecule has 2 aliphatic carbocycles. The van der Waals surface area contributed by atoms with Crippen LogP contribution in [0.1, 0.15) is 38.6 Å². The Hall–Kier alpha value is -1.62. The first-order valence-electron chi connectivity index (χ1n) is 6.75. The number of nitrogens with zero attached hydrogens (tertiary/aromatic N) is 5. The average molecular weight is 292 g/mol. The number of rotatable bonds is 6. The molecular formula is C12H16N6OS. The van der Waals surface area contributed by atoms with Crippen molar-refractivity contribution < 1.29 is 4.79 Å². The monoisotopic (exact) mass is 292 g/mol. The fourth-order valence-corrected chi connectivity index (χ4v) is 2.91. The van der Waals surface area contributed by atoms with E-state index in [0.29, 0.717) is 17.1 Å². The number of aromatic nitrogens is 4. The Labute approximate surface area is 121 Å². The van der Waals surface area contributed by atoms with Crippen LogP contribution in [0.15, 0.2) is 5.16 Å². The third-order valence-corrected chi connectivity index (χ3v) is 4.65. The van der Waals surface area contributed by atoms with E-state index in [1.807, 2.05) is 0 Å². The Kier molecular flexibility index (Phi) is 3.38. The predicted molar refractivity (Wildman–Crippen MR) is 71.7 cm³/mol. The highest BCUT2D eigenvalue weighted by Crippen LogP contribution is 2.39. The van der Waals surface area contributed by atoms with Crippen molar-refractivity contribution in [2.45, 2.75) is 49.3 Å². The van der Waals surface area contributed by atoms with Gasteiger partial charge in [0.1, 0.15) is 5.54 Å². The molecule has 20 heavy (non-hydrogen) atoms. The van der Waals surface area contributed by atoms with Gasteiger partial charge in [0.05, 0.1) is 17.9 Å². The smallest absolute Gasteiger partial charge is 0.231 e. The first kappa shape index (κ1) is 13.4. The van der Waals surface area contributed by atoms with Crippen LogP contribution in [0.4, 0.5) is 0 Å². The van der Waals surface area contributed by atoms with Crippen molar-refractivity contribution in [3.05, 3.63) is 0 Å². The minimum Gasteiger partial charge on any atom is -0.337 e. The molecule has 2 fully saturated rings. The molecule has 1 atom stereocenters. The molecule has 1 N–H and O–H groups in total. The topological polar surface area (TPSA) is 96.5 Å². The largest absolute Gasteiger partial charge is 0.337 e. The number of hydrogen-bond acceptors (Lipinski definition) is 6. The molecule has 0 saturated heterocycles. The van der Waals surface area contributed by atoms with Gasteiger partial charge in [-0.1, -0.05) is 11.8 Å². The van der Waals surface area contributed by atoms with Gasteiger partial charge in [0, 0.05) is 0 Å². The number of thioether (sulfide) groups is 1. The Bertz CT molecular complexity index is 559. The Morgan fingerprint density at radius 1 is 1.55 bits per heavy atom. The van der Waals surface area contributed by atoms with E-state index in [4.69, 9.17) is 0 Å². The van der Waals surface area contributed by atoms with Crippen molar-refractivity contribution in [3.8, 4) is 6.07 Å². The van der Waals surface area contributed by atoms with Gasteiger partial charge in [-0.05, 0) is 49.0 Å². The molecule has 2 saturated carbocycles. The van der Waals surface area contributed by atoms with Crippen LogP contribution in [-0.4, -0.2) is 37.4 Å². The van der Waals surface area contributed by atoms with Crippen molar-refractivity contribution in [1.29, 1.82) is 5.26 Å². The summed E-state index contributed by atoms with van der Waals surface area (Å²) < 4.78 is 1.78. The maximum atomic E-state index is 12.0. The minimum absolute atomic E-state index is 0.142. The lowest BCUT2D eigenvalue weighted by Gasteiger charge is -2.22. The van der Waals surface area contributed by atoms with Gasteiger partial charge in [-0.15, -0.1) is 5.10 Å². The number of nitrogens with one attached hydrogen (secondary N) is 1. The highest BCUT2D eigenvalue weighted by atomic mass is 32.2. The van der Waals surface area contributed by atoms with Crippen LogP contribution in [0.5, 0.6) is 0 Å². The second kappa shape index (κ2) is 5.05. The number of hydrogen-bond donors (Lipinski definition) is 1. The molecule has 1 aromatic rings. The summed E-state index contributed by atoms with van der Waals surface area (Å²) in [5, 5.41) is 24.2. The van der Waals surface area contributed by atoms with Gasteiger partial charge in [-0.3, -0.25) is 4.79 Å². The van der Waals surface area contributed by atoms with Crippen molar-refractivity contribution in [1.82, 2.24) is 25.5 Å². The summed E-state index contributed by atoms with van der Waals surface area (Å²) in [5.41, 5.74) is -0.736. The highest BCUT2D eigenvalue weighted by molar-refractivity contribution is 7.99. The molecule has 106 valence electrons. The highest BCUT2D eigenvalue weighted by Gasteiger charge is 2.43. The van der Waals surface area contributed by atoms with Crippen molar-refractivity contribution >= 4 is 17.7 Å². The molecule has 8 heteroatoms. The number of carbonyl (C=O) groups is 1. The number of amides is 1. The first-order valence-corrected chi connectivity index (χ1v) is 7.74. The third-order valence-electron chi connectivity index (χ3n) is 3.71. The molecule has 7 nitrogen and oxygen atoms in total. The maximum Gasteiger partial charge on any atom is 0.231 e. The summed E-state index contributed by atoms with van der Waals surface area (Å²) in [6.07, 6.45) is 4.22. The van der Waals surface area contributed by atoms with E-state index in [1.165, 1.54) is 11.8 Å². The van der Waals surface area contributed by atoms with Gasteiger partial charge in [0.2, 0.25) is 11.1 Å². The molecule has 3 rings (SSSR count). The van der Waals surface area contributed by atoms with E-state index in [-0.39, 0.29) is 11.7 Å². The van der Waals surface area contributed by atoms with Crippen molar-refractivity contribution in [3.63, 3.8) is 0 Å². The van der Waals surface area contributed by atoms with Gasteiger partial charge in [-0.25, -0.2) is 4.68 Å². The van der Waals surface area contributed by atoms with E-state index in [2.05, 4.69) is 26.9 Å². The summed E-state index contributed by atoms with van der Waals surface area (Å²) in [4.78, 5) is 12.0. The molecule has 1 heterocycles. The molecule has 0 radical (unpaired) electrons. The lowest BCUT2D eigenvalue weighted by molar-refractivity contribution is -0.119. The van der Waals surface area contributed by atoms with E-state index < -0.39 is 5.54 Å². The van der Waals surface area contributed by atoms with Gasteiger partial charge >= 0.3 is 0 Å². The Morgan fingerprint density at radius 3 is 2.90 bits per heavy atom. The molecule has 0 bridgehead atoms. The van der Waals surface area contributed by atoms with Crippen LogP contribution in [0.2, 0.25) is 0 Å². The van der Waals surface area contributed by atoms with E-state index in [0.717, 1.165) is 25.7 Å². The number of nitriles is 1. The van der Waals surface area contributed by atoms with Crippen LogP contribution >= 0.6 is 11.8 Å². The average Bonchev–Trinajstić information content (AvgIpc) is 3.34. The van der Waals surface area contributed by atoms with E-state index >= 15 is 0 Å². The molecule has 1 amide bonds. The number of tetrazole rings is 1. The summed E-state index contributed by atoms with van der Waals surface area (Å²) in [7, 11) is 0. The molecule has 0 spiro atoms. The first-order chi connectivity index (χ1) is 9.62. The summed E-state index contributed by atoms with van der Waals surface area (Å²) in [6, 6.07) is 2.61. The zero-order chi connectivity index (χ0) is 14.2. The molecular weight excluding hydrogens is 276 g/mol. The molecule has 1 unspecified atom stereocenters. The third kappa shape index (κ3) is 2.77. The fraction of sp³-hybridized carbons (Fsp3) is 0.750. The summed E-state index contributed by atoms with van der Waals surface area (Å²) >= 11 is 1.32. The van der Waals surface area contributed by atoms with Gasteiger partial charge in [0.15, 0.2) is 0 Å². The lowest BCUT2D eigenvalue weighted by atomic mass is 9.98. The van der Waals surface area contributed by atoms with Crippen molar-refractivity contribution in [2.75, 3.05) is 5.75 Å². The zero-order valence-corrected chi connectivity index (χ0v) is 12.1. The van der Waals surface area contributed by atoms with Crippen LogP contribution in [0.3, 0.4) is 0 Å². The summed E-state index contributed by atoms with van der Waals surface area (Å²) in [5.74, 6) is 0.381. The molecule has 0 aliphatic heterocycles. The van der Waals surface area contributed by atoms with Gasteiger partial charge < -0.3 is 5.32 Å². The SMILES string of the molecule is CC(C#N)(NC(=O)CSc1nnnn1C1CC1)C1CC1. The van der Waals surface area contributed by atoms with Crippen LogP contribution in [0, 0.1) is 17.2 Å². The van der Waals surface area contributed by atoms with E-state index in [1.54, 1.807) is 11.6 Å². The Morgan fingerprint density at radius 2 is 2.30 bits per heavy atom. The fourth-order valence-electron chi connectivity index (χ4n) is 2.17. The van der Waals surface area contributed by atoms with Crippen LogP contribution < -0.4 is 5.32 Å². The number of carbonyl (C=O) groups excluding carboxylic acids is 1. The summed E-state index contributed by atoms with van der Waals surface area (Å²) in [6.45, 7) is 1.79. The van der Waals surface area contributed by atoms with Crippen LogP contribution in [-0.2, 0) is 4.79 Å². The second-order valence-corrected chi connectivity index (χ2v) is 6.50. The van der Waals surface area contributed by atoms with E-state index in [9.17, 15) is 10.1 Å². The Balaban J connectivity index is 1.54. The van der Waals surface area contributed by atoms with Crippen molar-refractivity contribution in [2.24, 2.45) is 5.92 Å². The van der Waals surface area contributed by atoms with Crippen LogP contribution in [0.25, 0.3) is 0 Å². The predicted octanol–water partition coefficient (Wildman–Crippen LogP) is 0.909. The second-order valence-electron chi connectivity index (χ2n) is 5.56. The molecule has 0 aromatic carbocycles. The normalized spacial score (nSPS) is 21.0. The lowest BCUT2D eigenvalue weighted by Crippen LogP contribution is -2.47.